The van der Waals surface area contributed by atoms with E-state index in [2.05, 4.69) is 0 Å². The highest BCUT2D eigenvalue weighted by Crippen LogP contribution is 2.34. The van der Waals surface area contributed by atoms with Gasteiger partial charge in [0.1, 0.15) is 5.69 Å². The summed E-state index contributed by atoms with van der Waals surface area (Å²) in [4.78, 5) is 41.5. The summed E-state index contributed by atoms with van der Waals surface area (Å²) in [5, 5.41) is 1.99. The Labute approximate surface area is 204 Å². The highest BCUT2D eigenvalue weighted by Gasteiger charge is 2.36. The van der Waals surface area contributed by atoms with Crippen LogP contribution < -0.4 is 0 Å². The molecule has 2 heterocycles. The second kappa shape index (κ2) is 8.34. The number of hydrogen-bond acceptors (Lipinski definition) is 3. The largest absolute Gasteiger partial charge is 0.278 e. The predicted molar refractivity (Wildman–Crippen MR) is 129 cm³/mol. The van der Waals surface area contributed by atoms with Gasteiger partial charge in [0.15, 0.2) is 0 Å². The molecule has 164 valence electrons. The van der Waals surface area contributed by atoms with E-state index in [4.69, 9.17) is 34.8 Å². The van der Waals surface area contributed by atoms with Gasteiger partial charge in [-0.25, -0.2) is 0 Å². The van der Waals surface area contributed by atoms with Gasteiger partial charge in [-0.2, -0.15) is 0 Å². The van der Waals surface area contributed by atoms with E-state index >= 15 is 0 Å². The van der Waals surface area contributed by atoms with E-state index in [0.717, 1.165) is 4.90 Å². The van der Waals surface area contributed by atoms with Crippen molar-refractivity contribution in [2.45, 2.75) is 6.42 Å². The molecule has 0 fully saturated rings. The van der Waals surface area contributed by atoms with Gasteiger partial charge in [0.25, 0.3) is 17.7 Å². The van der Waals surface area contributed by atoms with E-state index in [1.807, 2.05) is 0 Å². The van der Waals surface area contributed by atoms with Crippen LogP contribution in [0.1, 0.15) is 36.8 Å². The molecule has 5 nitrogen and oxygen atoms in total. The first-order valence-electron chi connectivity index (χ1n) is 10.1. The quantitative estimate of drug-likeness (QED) is 0.313. The van der Waals surface area contributed by atoms with Gasteiger partial charge in [0.05, 0.1) is 5.52 Å². The fourth-order valence-electron chi connectivity index (χ4n) is 4.19. The average molecular weight is 498 g/mol. The van der Waals surface area contributed by atoms with E-state index in [0.29, 0.717) is 49.1 Å². The molecular weight excluding hydrogens is 483 g/mol. The van der Waals surface area contributed by atoms with E-state index in [9.17, 15) is 14.4 Å². The lowest BCUT2D eigenvalue weighted by atomic mass is 10.0. The van der Waals surface area contributed by atoms with E-state index in [1.165, 1.54) is 10.6 Å². The summed E-state index contributed by atoms with van der Waals surface area (Å²) in [7, 11) is 0. The lowest BCUT2D eigenvalue weighted by molar-refractivity contribution is 0.0593. The Kier molecular flexibility index (Phi) is 5.49. The van der Waals surface area contributed by atoms with Crippen molar-refractivity contribution in [3.63, 3.8) is 0 Å². The highest BCUT2D eigenvalue weighted by molar-refractivity contribution is 6.32. The van der Waals surface area contributed by atoms with E-state index in [1.54, 1.807) is 60.7 Å². The third kappa shape index (κ3) is 3.72. The Morgan fingerprint density at radius 3 is 2.00 bits per heavy atom. The number of fused-ring (bicyclic) bond motifs is 3. The zero-order valence-electron chi connectivity index (χ0n) is 17.0. The van der Waals surface area contributed by atoms with Crippen LogP contribution >= 0.6 is 34.8 Å². The summed E-state index contributed by atoms with van der Waals surface area (Å²) in [5.74, 6) is -1.45. The van der Waals surface area contributed by atoms with Gasteiger partial charge in [0.2, 0.25) is 0 Å². The maximum atomic E-state index is 13.6. The highest BCUT2D eigenvalue weighted by atomic mass is 35.5. The fourth-order valence-corrected chi connectivity index (χ4v) is 4.74. The standard InChI is InChI=1S/C25H15Cl3N2O3/c26-16-5-1-3-14(11-16)23(31)29-10-9-19-20-13-18(28)7-8-21(20)30(22(19)25(29)33)24(32)15-4-2-6-17(27)12-15/h1-8,11-13H,9-10H2. The number of halogens is 3. The van der Waals surface area contributed by atoms with Crippen molar-refractivity contribution in [3.8, 4) is 0 Å². The summed E-state index contributed by atoms with van der Waals surface area (Å²) in [5.41, 5.74) is 2.00. The van der Waals surface area contributed by atoms with Crippen LogP contribution in [-0.2, 0) is 6.42 Å². The number of aromatic nitrogens is 1. The number of carbonyl (C=O) groups excluding carboxylic acids is 3. The molecule has 1 aliphatic heterocycles. The van der Waals surface area contributed by atoms with Crippen molar-refractivity contribution in [1.29, 1.82) is 0 Å². The molecule has 0 unspecified atom stereocenters. The van der Waals surface area contributed by atoms with Crippen molar-refractivity contribution in [1.82, 2.24) is 9.47 Å². The number of imide groups is 1. The number of nitrogens with zero attached hydrogens (tertiary/aromatic N) is 2. The first kappa shape index (κ1) is 21.7. The van der Waals surface area contributed by atoms with Crippen LogP contribution in [0.3, 0.4) is 0 Å². The summed E-state index contributed by atoms with van der Waals surface area (Å²) in [6.45, 7) is 0.175. The first-order chi connectivity index (χ1) is 15.8. The van der Waals surface area contributed by atoms with Crippen molar-refractivity contribution >= 4 is 63.4 Å². The van der Waals surface area contributed by atoms with Crippen molar-refractivity contribution in [2.24, 2.45) is 0 Å². The molecule has 0 N–H and O–H groups in total. The summed E-state index contributed by atoms with van der Waals surface area (Å²) < 4.78 is 1.35. The Balaban J connectivity index is 1.68. The molecule has 4 aromatic rings. The molecule has 0 aliphatic carbocycles. The molecule has 0 spiro atoms. The van der Waals surface area contributed by atoms with Gasteiger partial charge in [-0.3, -0.25) is 23.9 Å². The van der Waals surface area contributed by atoms with Gasteiger partial charge in [-0.15, -0.1) is 0 Å². The molecule has 5 rings (SSSR count). The number of benzene rings is 3. The molecule has 2 amide bonds. The Hall–Kier alpha value is -3.12. The normalized spacial score (nSPS) is 13.3. The SMILES string of the molecule is O=C(c1cccc(Cl)c1)N1CCc2c(n(C(=O)c3cccc(Cl)c3)c3ccc(Cl)cc23)C1=O. The van der Waals surface area contributed by atoms with E-state index < -0.39 is 17.7 Å². The zero-order valence-corrected chi connectivity index (χ0v) is 19.3. The summed E-state index contributed by atoms with van der Waals surface area (Å²) >= 11 is 18.4. The lowest BCUT2D eigenvalue weighted by Gasteiger charge is -2.26. The Bertz CT molecular complexity index is 1480. The number of amides is 2. The number of rotatable bonds is 2. The van der Waals surface area contributed by atoms with Crippen molar-refractivity contribution in [3.05, 3.63) is 104 Å². The van der Waals surface area contributed by atoms with Crippen LogP contribution in [0.5, 0.6) is 0 Å². The maximum Gasteiger partial charge on any atom is 0.278 e. The number of hydrogen-bond donors (Lipinski definition) is 0. The molecule has 0 saturated carbocycles. The average Bonchev–Trinajstić information content (AvgIpc) is 3.13. The second-order valence-electron chi connectivity index (χ2n) is 7.66. The Morgan fingerprint density at radius 1 is 0.758 bits per heavy atom. The fraction of sp³-hybridized carbons (Fsp3) is 0.0800. The van der Waals surface area contributed by atoms with Gasteiger partial charge in [-0.1, -0.05) is 46.9 Å². The molecule has 8 heteroatoms. The molecule has 0 atom stereocenters. The van der Waals surface area contributed by atoms with Crippen LogP contribution in [0.15, 0.2) is 66.7 Å². The van der Waals surface area contributed by atoms with Crippen LogP contribution in [0.2, 0.25) is 15.1 Å². The molecule has 0 saturated heterocycles. The van der Waals surface area contributed by atoms with Crippen LogP contribution in [-0.4, -0.2) is 33.7 Å². The lowest BCUT2D eigenvalue weighted by Crippen LogP contribution is -2.43. The topological polar surface area (TPSA) is 59.4 Å². The zero-order chi connectivity index (χ0) is 23.3. The van der Waals surface area contributed by atoms with Gasteiger partial charge >= 0.3 is 0 Å². The first-order valence-corrected chi connectivity index (χ1v) is 11.2. The molecule has 1 aliphatic rings. The minimum atomic E-state index is -0.552. The third-order valence-corrected chi connectivity index (χ3v) is 6.36. The maximum absolute atomic E-state index is 13.6. The van der Waals surface area contributed by atoms with Crippen molar-refractivity contribution in [2.75, 3.05) is 6.54 Å². The second-order valence-corrected chi connectivity index (χ2v) is 8.97. The third-order valence-electron chi connectivity index (χ3n) is 5.66. The summed E-state index contributed by atoms with van der Waals surface area (Å²) in [6, 6.07) is 18.0. The molecule has 3 aromatic carbocycles. The van der Waals surface area contributed by atoms with Gasteiger partial charge in [-0.05, 0) is 66.6 Å². The van der Waals surface area contributed by atoms with E-state index in [-0.39, 0.29) is 12.2 Å². The molecule has 33 heavy (non-hydrogen) atoms. The predicted octanol–water partition coefficient (Wildman–Crippen LogP) is 6.13. The molecular formula is C25H15Cl3N2O3. The minimum Gasteiger partial charge on any atom is -0.273 e. The monoisotopic (exact) mass is 496 g/mol. The minimum absolute atomic E-state index is 0.152. The van der Waals surface area contributed by atoms with Crippen LogP contribution in [0, 0.1) is 0 Å². The van der Waals surface area contributed by atoms with Crippen LogP contribution in [0.4, 0.5) is 0 Å². The summed E-state index contributed by atoms with van der Waals surface area (Å²) in [6.07, 6.45) is 0.389. The smallest absolute Gasteiger partial charge is 0.273 e. The van der Waals surface area contributed by atoms with Crippen LogP contribution in [0.25, 0.3) is 10.9 Å². The van der Waals surface area contributed by atoms with Crippen molar-refractivity contribution < 1.29 is 14.4 Å². The molecule has 0 radical (unpaired) electrons. The van der Waals surface area contributed by atoms with Gasteiger partial charge in [0, 0.05) is 38.1 Å². The van der Waals surface area contributed by atoms with Gasteiger partial charge < -0.3 is 0 Å². The molecule has 0 bridgehead atoms. The Morgan fingerprint density at radius 2 is 1.36 bits per heavy atom. The number of carbonyl (C=O) groups is 3. The molecule has 1 aromatic heterocycles.